The molecule has 1 atom stereocenters. The monoisotopic (exact) mass is 270 g/mol. The quantitative estimate of drug-likeness (QED) is 0.707. The molecule has 0 fully saturated rings. The van der Waals surface area contributed by atoms with Crippen molar-refractivity contribution in [3.8, 4) is 5.75 Å². The van der Waals surface area contributed by atoms with E-state index in [-0.39, 0.29) is 0 Å². The van der Waals surface area contributed by atoms with Gasteiger partial charge in [-0.2, -0.15) is 0 Å². The van der Waals surface area contributed by atoms with Crippen LogP contribution in [0.15, 0.2) is 30.3 Å². The zero-order valence-electron chi connectivity index (χ0n) is 9.45. The fourth-order valence-corrected chi connectivity index (χ4v) is 2.50. The third-order valence-electron chi connectivity index (χ3n) is 2.64. The maximum Gasteiger partial charge on any atom is 0.119 e. The van der Waals surface area contributed by atoms with E-state index < -0.39 is 0 Å². The molecule has 0 aromatic heterocycles. The zero-order chi connectivity index (χ0) is 11.1. The Morgan fingerprint density at radius 1 is 1.20 bits per heavy atom. The second kappa shape index (κ2) is 6.89. The van der Waals surface area contributed by atoms with Gasteiger partial charge in [-0.05, 0) is 30.4 Å². The summed E-state index contributed by atoms with van der Waals surface area (Å²) in [5.41, 5.74) is 0. The van der Waals surface area contributed by atoms with Crippen LogP contribution in [0.2, 0.25) is 0 Å². The number of ether oxygens (including phenoxy) is 1. The first-order valence-electron chi connectivity index (χ1n) is 5.48. The molecule has 0 saturated heterocycles. The van der Waals surface area contributed by atoms with E-state index in [2.05, 4.69) is 29.8 Å². The van der Waals surface area contributed by atoms with E-state index in [0.29, 0.717) is 11.8 Å². The fourth-order valence-electron chi connectivity index (χ4n) is 1.43. The molecule has 0 heterocycles. The Labute approximate surface area is 101 Å². The van der Waals surface area contributed by atoms with E-state index in [1.807, 2.05) is 30.3 Å². The van der Waals surface area contributed by atoms with E-state index in [0.717, 1.165) is 24.1 Å². The Morgan fingerprint density at radius 3 is 2.40 bits per heavy atom. The number of hydrogen-bond acceptors (Lipinski definition) is 1. The van der Waals surface area contributed by atoms with Gasteiger partial charge in [-0.3, -0.25) is 0 Å². The molecule has 1 aromatic carbocycles. The first-order valence-corrected chi connectivity index (χ1v) is 6.60. The normalized spacial score (nSPS) is 12.8. The second-order valence-corrected chi connectivity index (χ2v) is 4.76. The molecule has 0 amide bonds. The molecule has 0 spiro atoms. The van der Waals surface area contributed by atoms with Gasteiger partial charge in [0.15, 0.2) is 0 Å². The lowest BCUT2D eigenvalue weighted by Gasteiger charge is -2.18. The van der Waals surface area contributed by atoms with Crippen LogP contribution in [-0.2, 0) is 0 Å². The summed E-state index contributed by atoms with van der Waals surface area (Å²) in [4.78, 5) is 0. The molecule has 1 aromatic rings. The first kappa shape index (κ1) is 12.6. The fraction of sp³-hybridized carbons (Fsp3) is 0.538. The Kier molecular flexibility index (Phi) is 5.77. The summed E-state index contributed by atoms with van der Waals surface area (Å²) < 4.78 is 5.67. The molecular formula is C13H19BrO. The molecule has 0 unspecified atom stereocenters. The Hall–Kier alpha value is -0.500. The number of hydrogen-bond donors (Lipinski definition) is 0. The average molecular weight is 271 g/mol. The van der Waals surface area contributed by atoms with Crippen LogP contribution in [0.4, 0.5) is 0 Å². The van der Waals surface area contributed by atoms with E-state index in [4.69, 9.17) is 4.74 Å². The first-order chi connectivity index (χ1) is 7.24. The van der Waals surface area contributed by atoms with Crippen molar-refractivity contribution in [3.63, 3.8) is 0 Å². The smallest absolute Gasteiger partial charge is 0.119 e. The van der Waals surface area contributed by atoms with Gasteiger partial charge in [-0.15, -0.1) is 0 Å². The summed E-state index contributed by atoms with van der Waals surface area (Å²) in [7, 11) is 0. The number of alkyl halides is 1. The van der Waals surface area contributed by atoms with Gasteiger partial charge in [0.2, 0.25) is 0 Å². The molecule has 0 aliphatic carbocycles. The molecule has 15 heavy (non-hydrogen) atoms. The summed E-state index contributed by atoms with van der Waals surface area (Å²) in [5.74, 6) is 2.38. The van der Waals surface area contributed by atoms with Crippen molar-refractivity contribution in [1.29, 1.82) is 0 Å². The molecule has 84 valence electrons. The van der Waals surface area contributed by atoms with Crippen molar-refractivity contribution in [3.05, 3.63) is 30.3 Å². The van der Waals surface area contributed by atoms with Gasteiger partial charge in [-0.25, -0.2) is 0 Å². The van der Waals surface area contributed by atoms with Gasteiger partial charge in [0.05, 0.1) is 6.61 Å². The van der Waals surface area contributed by atoms with Crippen molar-refractivity contribution in [2.75, 3.05) is 11.9 Å². The number of rotatable bonds is 6. The number of halogens is 1. The highest BCUT2D eigenvalue weighted by atomic mass is 79.9. The van der Waals surface area contributed by atoms with Crippen LogP contribution < -0.4 is 4.74 Å². The molecule has 1 nitrogen and oxygen atoms in total. The highest BCUT2D eigenvalue weighted by molar-refractivity contribution is 9.09. The Bertz CT molecular complexity index is 258. The number of benzene rings is 1. The summed E-state index contributed by atoms with van der Waals surface area (Å²) in [6.07, 6.45) is 1.11. The summed E-state index contributed by atoms with van der Waals surface area (Å²) in [6, 6.07) is 10.00. The summed E-state index contributed by atoms with van der Waals surface area (Å²) in [5, 5.41) is 1.06. The maximum absolute atomic E-state index is 5.67. The molecule has 0 N–H and O–H groups in total. The minimum absolute atomic E-state index is 0.703. The van der Waals surface area contributed by atoms with Crippen molar-refractivity contribution in [2.45, 2.75) is 20.3 Å². The topological polar surface area (TPSA) is 9.23 Å². The van der Waals surface area contributed by atoms with Crippen molar-refractivity contribution in [2.24, 2.45) is 11.8 Å². The van der Waals surface area contributed by atoms with Crippen LogP contribution in [-0.4, -0.2) is 11.9 Å². The van der Waals surface area contributed by atoms with Crippen LogP contribution in [0.1, 0.15) is 20.3 Å². The Balaban J connectivity index is 2.27. The minimum atomic E-state index is 0.703. The van der Waals surface area contributed by atoms with E-state index >= 15 is 0 Å². The van der Waals surface area contributed by atoms with E-state index in [1.165, 1.54) is 0 Å². The SMILES string of the molecule is CC(C)[C@@H](CBr)CCOc1ccccc1. The van der Waals surface area contributed by atoms with Crippen LogP contribution in [0.5, 0.6) is 5.75 Å². The highest BCUT2D eigenvalue weighted by Crippen LogP contribution is 2.18. The molecule has 1 rings (SSSR count). The van der Waals surface area contributed by atoms with Crippen LogP contribution >= 0.6 is 15.9 Å². The molecular weight excluding hydrogens is 252 g/mol. The van der Waals surface area contributed by atoms with Gasteiger partial charge < -0.3 is 4.74 Å². The maximum atomic E-state index is 5.67. The molecule has 0 saturated carbocycles. The third-order valence-corrected chi connectivity index (χ3v) is 3.47. The van der Waals surface area contributed by atoms with Gasteiger partial charge in [-0.1, -0.05) is 48.0 Å². The summed E-state index contributed by atoms with van der Waals surface area (Å²) >= 11 is 3.55. The summed E-state index contributed by atoms with van der Waals surface area (Å²) in [6.45, 7) is 5.32. The average Bonchev–Trinajstić information content (AvgIpc) is 2.25. The van der Waals surface area contributed by atoms with Gasteiger partial charge in [0.25, 0.3) is 0 Å². The molecule has 2 heteroatoms. The predicted octanol–water partition coefficient (Wildman–Crippen LogP) is 4.12. The van der Waals surface area contributed by atoms with Crippen LogP contribution in [0, 0.1) is 11.8 Å². The minimum Gasteiger partial charge on any atom is -0.494 e. The van der Waals surface area contributed by atoms with Gasteiger partial charge in [0, 0.05) is 5.33 Å². The molecule has 0 aliphatic rings. The van der Waals surface area contributed by atoms with Gasteiger partial charge >= 0.3 is 0 Å². The lowest BCUT2D eigenvalue weighted by atomic mass is 9.95. The standard InChI is InChI=1S/C13H19BrO/c1-11(2)12(10-14)8-9-15-13-6-4-3-5-7-13/h3-7,11-12H,8-10H2,1-2H3/t12-/m1/s1. The van der Waals surface area contributed by atoms with Crippen LogP contribution in [0.3, 0.4) is 0 Å². The Morgan fingerprint density at radius 2 is 1.87 bits per heavy atom. The van der Waals surface area contributed by atoms with Crippen molar-refractivity contribution >= 4 is 15.9 Å². The van der Waals surface area contributed by atoms with Crippen molar-refractivity contribution in [1.82, 2.24) is 0 Å². The lowest BCUT2D eigenvalue weighted by Crippen LogP contribution is -2.14. The zero-order valence-corrected chi connectivity index (χ0v) is 11.0. The van der Waals surface area contributed by atoms with E-state index in [9.17, 15) is 0 Å². The van der Waals surface area contributed by atoms with Gasteiger partial charge in [0.1, 0.15) is 5.75 Å². The number of para-hydroxylation sites is 1. The third kappa shape index (κ3) is 4.70. The molecule has 0 bridgehead atoms. The molecule has 0 radical (unpaired) electrons. The van der Waals surface area contributed by atoms with E-state index in [1.54, 1.807) is 0 Å². The molecule has 0 aliphatic heterocycles. The largest absolute Gasteiger partial charge is 0.494 e. The predicted molar refractivity (Wildman–Crippen MR) is 68.7 cm³/mol. The second-order valence-electron chi connectivity index (χ2n) is 4.11. The lowest BCUT2D eigenvalue weighted by molar-refractivity contribution is 0.262. The highest BCUT2D eigenvalue weighted by Gasteiger charge is 2.11. The van der Waals surface area contributed by atoms with Crippen molar-refractivity contribution < 1.29 is 4.74 Å². The van der Waals surface area contributed by atoms with Crippen LogP contribution in [0.25, 0.3) is 0 Å².